The SMILES string of the molecule is COc1ncc(-c2ccnc(N3CCn4c(cc5c4CC(C)(C)C5)C3=O)c2CO)cc1Nc1ccc(N2CCN(C(=O)OC(C)(C)C)C[C@@H]2C)cn1.COc1ncc(-c2ccnc(N3CCn4c(cc5c4CC(C)(C)C5)C3=O)c2CO)cc1Nc1ccc(N2CCNC[C@@H]2C)cn1.COc1ncc(Cl)cc1Nc1ccc(N2CCN(C(=O)OC(C)(C)C)C[C@@H]2C)cn1. The highest BCUT2D eigenvalue weighted by atomic mass is 35.5. The van der Waals surface area contributed by atoms with E-state index in [1.807, 2.05) is 121 Å². The average Bonchev–Trinajstić information content (AvgIpc) is 1.59. The van der Waals surface area contributed by atoms with E-state index in [0.717, 1.165) is 79.1 Å². The van der Waals surface area contributed by atoms with Crippen LogP contribution >= 0.6 is 11.6 Å². The lowest BCUT2D eigenvalue weighted by molar-refractivity contribution is 0.0209. The highest BCUT2D eigenvalue weighted by molar-refractivity contribution is 6.30. The van der Waals surface area contributed by atoms with E-state index in [-0.39, 0.29) is 60.1 Å². The zero-order valence-corrected chi connectivity index (χ0v) is 76.1. The number of aliphatic hydroxyl groups is 2. The molecule has 10 aromatic rings. The van der Waals surface area contributed by atoms with Crippen molar-refractivity contribution >= 4 is 98.8 Å². The molecule has 7 aliphatic rings. The summed E-state index contributed by atoms with van der Waals surface area (Å²) in [7, 11) is 4.69. The number of methoxy groups -OCH3 is 3. The number of piperazine rings is 3. The number of fused-ring (bicyclic) bond motifs is 6. The summed E-state index contributed by atoms with van der Waals surface area (Å²) in [6, 6.07) is 25.7. The summed E-state index contributed by atoms with van der Waals surface area (Å²) in [4.78, 5) is 103. The van der Waals surface area contributed by atoms with Crippen molar-refractivity contribution in [2.75, 3.05) is 134 Å². The van der Waals surface area contributed by atoms with E-state index in [2.05, 4.69) is 146 Å². The molecule has 670 valence electrons. The summed E-state index contributed by atoms with van der Waals surface area (Å²) in [5.74, 6) is 3.87. The molecule has 33 heteroatoms. The van der Waals surface area contributed by atoms with E-state index >= 15 is 0 Å². The Bertz CT molecular complexity index is 5700. The summed E-state index contributed by atoms with van der Waals surface area (Å²) in [6.45, 7) is 34.9. The second-order valence-corrected chi connectivity index (χ2v) is 37.4. The van der Waals surface area contributed by atoms with Gasteiger partial charge >= 0.3 is 12.2 Å². The molecule has 3 saturated heterocycles. The highest BCUT2D eigenvalue weighted by Crippen LogP contribution is 2.45. The Morgan fingerprint density at radius 3 is 1.24 bits per heavy atom. The van der Waals surface area contributed by atoms with E-state index in [9.17, 15) is 29.4 Å². The van der Waals surface area contributed by atoms with Crippen LogP contribution in [0.25, 0.3) is 22.3 Å². The standard InChI is InChI=1S/C39H48N8O5.C34H40N8O3.C21H28ClN5O3/c1-24-22-44(37(50)52-38(2,3)4)12-13-45(24)27-8-9-33(41-21-27)43-30-16-26(20-42-35(30)51-7)28-10-11-40-34(29(28)23-48)47-15-14-46-31(36(47)49)17-25-18-39(5,6)19-32(25)46;1-21-17-35-9-10-40(21)24-5-6-30(37-19-24)39-27-13-23(18-38-32(27)45-4)25-7-8-36-31(26(25)20-43)42-12-11-41-28(33(42)44)14-22-15-34(2,3)16-29(22)41;1-14-13-26(20(28)30-21(2,3)4)8-9-27(14)16-6-7-18(23-12-16)25-17-10-15(22)11-24-19(17)29-5/h8-11,16-17,20-21,24,48H,12-15,18-19,22-23H2,1-7H3,(H,41,43);5-8,13-14,18-19,21,35,43H,9-12,15-17,20H2,1-4H3,(H,37,39);6-7,10-12,14H,8-9,13H2,1-5H3,(H,23,25)/t24-;21-;14-/m000/s1. The first-order valence-corrected chi connectivity index (χ1v) is 43.7. The summed E-state index contributed by atoms with van der Waals surface area (Å²) >= 11 is 6.03. The Hall–Kier alpha value is -12.4. The van der Waals surface area contributed by atoms with Gasteiger partial charge in [-0.1, -0.05) is 39.3 Å². The fraction of sp³-hybridized carbons (Fsp3) is 0.447. The van der Waals surface area contributed by atoms with Gasteiger partial charge < -0.3 is 88.8 Å². The molecule has 4 amide bonds. The number of carbonyl (C=O) groups is 4. The number of aromatic nitrogens is 10. The van der Waals surface area contributed by atoms with Gasteiger partial charge in [-0.15, -0.1) is 0 Å². The molecule has 2 aliphatic carbocycles. The molecular weight excluding hydrogens is 1630 g/mol. The Kier molecular flexibility index (Phi) is 26.0. The fourth-order valence-corrected chi connectivity index (χ4v) is 18.2. The van der Waals surface area contributed by atoms with E-state index in [1.165, 1.54) is 28.7 Å². The van der Waals surface area contributed by atoms with Gasteiger partial charge in [0.05, 0.1) is 75.2 Å². The third-order valence-electron chi connectivity index (χ3n) is 24.0. The first kappa shape index (κ1) is 89.4. The molecule has 0 spiro atoms. The lowest BCUT2D eigenvalue weighted by Crippen LogP contribution is -2.54. The quantitative estimate of drug-likeness (QED) is 0.0465. The number of halogens is 1. The van der Waals surface area contributed by atoms with Gasteiger partial charge in [-0.3, -0.25) is 19.4 Å². The molecular formula is C94H116ClN21O11. The van der Waals surface area contributed by atoms with Crippen LogP contribution in [0.5, 0.6) is 17.6 Å². The Morgan fingerprint density at radius 2 is 0.874 bits per heavy atom. The van der Waals surface area contributed by atoms with Crippen LogP contribution in [0.3, 0.4) is 0 Å². The average molecular weight is 1750 g/mol. The Labute approximate surface area is 746 Å². The first-order chi connectivity index (χ1) is 60.7. The van der Waals surface area contributed by atoms with Crippen LogP contribution in [0.15, 0.2) is 128 Å². The summed E-state index contributed by atoms with van der Waals surface area (Å²) in [6.07, 6.45) is 17.1. The number of nitrogens with zero attached hydrogens (tertiary/aromatic N) is 17. The molecule has 6 N–H and O–H groups in total. The zero-order chi connectivity index (χ0) is 90.1. The van der Waals surface area contributed by atoms with Gasteiger partial charge in [0.25, 0.3) is 11.8 Å². The molecule has 3 fully saturated rings. The Morgan fingerprint density at radius 1 is 0.480 bits per heavy atom. The lowest BCUT2D eigenvalue weighted by atomic mass is 9.90. The molecule has 3 atom stereocenters. The van der Waals surface area contributed by atoms with Gasteiger partial charge in [-0.25, -0.2) is 49.5 Å². The number of pyridine rings is 8. The van der Waals surface area contributed by atoms with Crippen molar-refractivity contribution in [2.24, 2.45) is 10.8 Å². The molecule has 0 unspecified atom stereocenters. The number of ether oxygens (including phenoxy) is 5. The van der Waals surface area contributed by atoms with Gasteiger partial charge in [0.15, 0.2) is 0 Å². The first-order valence-electron chi connectivity index (χ1n) is 43.4. The minimum absolute atomic E-state index is 0.0766. The number of rotatable bonds is 18. The third kappa shape index (κ3) is 19.8. The van der Waals surface area contributed by atoms with Crippen LogP contribution < -0.4 is 60.0 Å². The number of anilines is 11. The molecule has 10 aromatic heterocycles. The van der Waals surface area contributed by atoms with Crippen molar-refractivity contribution in [1.82, 2.24) is 64.1 Å². The van der Waals surface area contributed by atoms with Crippen LogP contribution in [0.1, 0.15) is 145 Å². The number of nitrogens with one attached hydrogen (secondary N) is 4. The number of carbonyl (C=O) groups excluding carboxylic acids is 4. The van der Waals surface area contributed by atoms with Crippen molar-refractivity contribution in [3.05, 3.63) is 178 Å². The normalized spacial score (nSPS) is 18.2. The van der Waals surface area contributed by atoms with E-state index < -0.39 is 11.2 Å². The van der Waals surface area contributed by atoms with Gasteiger partial charge in [0, 0.05) is 168 Å². The molecule has 15 heterocycles. The lowest BCUT2D eigenvalue weighted by Gasteiger charge is -2.41. The maximum atomic E-state index is 13.9. The molecule has 32 nitrogen and oxygen atoms in total. The molecule has 0 saturated carbocycles. The minimum atomic E-state index is -0.538. The predicted molar refractivity (Wildman–Crippen MR) is 492 cm³/mol. The molecule has 127 heavy (non-hydrogen) atoms. The topological polar surface area (TPSA) is 339 Å². The van der Waals surface area contributed by atoms with Crippen molar-refractivity contribution in [3.63, 3.8) is 0 Å². The number of hydrogen-bond donors (Lipinski definition) is 6. The highest BCUT2D eigenvalue weighted by Gasteiger charge is 2.41. The van der Waals surface area contributed by atoms with Crippen molar-refractivity contribution in [3.8, 4) is 39.9 Å². The monoisotopic (exact) mass is 1750 g/mol. The van der Waals surface area contributed by atoms with Gasteiger partial charge in [-0.05, 0) is 200 Å². The molecule has 17 rings (SSSR count). The van der Waals surface area contributed by atoms with Crippen LogP contribution in [-0.4, -0.2) is 216 Å². The molecule has 0 aromatic carbocycles. The van der Waals surface area contributed by atoms with Crippen LogP contribution in [0, 0.1) is 10.8 Å². The maximum absolute atomic E-state index is 13.9. The van der Waals surface area contributed by atoms with Gasteiger partial charge in [-0.2, -0.15) is 0 Å². The van der Waals surface area contributed by atoms with Crippen molar-refractivity contribution in [1.29, 1.82) is 0 Å². The summed E-state index contributed by atoms with van der Waals surface area (Å²) < 4.78 is 31.8. The van der Waals surface area contributed by atoms with Crippen LogP contribution in [-0.2, 0) is 61.5 Å². The molecule has 5 aliphatic heterocycles. The van der Waals surface area contributed by atoms with Crippen molar-refractivity contribution < 1.29 is 53.1 Å². The van der Waals surface area contributed by atoms with Crippen molar-refractivity contribution in [2.45, 2.75) is 171 Å². The second-order valence-electron chi connectivity index (χ2n) is 36.9. The van der Waals surface area contributed by atoms with Crippen LogP contribution in [0.4, 0.5) is 72.8 Å². The second kappa shape index (κ2) is 36.9. The van der Waals surface area contributed by atoms with Crippen LogP contribution in [0.2, 0.25) is 5.02 Å². The number of hydrogen-bond acceptors (Lipinski definition) is 26. The summed E-state index contributed by atoms with van der Waals surface area (Å²) in [5.41, 5.74) is 14.8. The van der Waals surface area contributed by atoms with E-state index in [0.29, 0.717) is 168 Å². The maximum Gasteiger partial charge on any atom is 0.410 e. The number of aliphatic hydroxyl groups excluding tert-OH is 2. The van der Waals surface area contributed by atoms with Gasteiger partial charge in [0.2, 0.25) is 17.6 Å². The van der Waals surface area contributed by atoms with E-state index in [4.69, 9.17) is 35.3 Å². The largest absolute Gasteiger partial charge is 0.480 e. The zero-order valence-electron chi connectivity index (χ0n) is 75.3. The minimum Gasteiger partial charge on any atom is -0.480 e. The van der Waals surface area contributed by atoms with Gasteiger partial charge in [0.1, 0.15) is 68.7 Å². The van der Waals surface area contributed by atoms with E-state index in [1.54, 1.807) is 71.8 Å². The summed E-state index contributed by atoms with van der Waals surface area (Å²) in [5, 5.41) is 35.1. The predicted octanol–water partition coefficient (Wildman–Crippen LogP) is 14.3. The molecule has 0 radical (unpaired) electrons. The fourth-order valence-electron chi connectivity index (χ4n) is 18.1. The smallest absolute Gasteiger partial charge is 0.410 e. The Balaban J connectivity index is 0.000000152. The molecule has 0 bridgehead atoms. The third-order valence-corrected chi connectivity index (χ3v) is 24.2. The number of amides is 4.